The number of carbonyl (C=O) groups excluding carboxylic acids is 2. The molecule has 1 saturated heterocycles. The van der Waals surface area contributed by atoms with Gasteiger partial charge >= 0.3 is 11.9 Å². The summed E-state index contributed by atoms with van der Waals surface area (Å²) in [5.74, 6) is 0.409. The largest absolute Gasteiger partial charge is 0.462 e. The third kappa shape index (κ3) is 9.69. The van der Waals surface area contributed by atoms with E-state index in [2.05, 4.69) is 99.8 Å². The first-order chi connectivity index (χ1) is 21.0. The van der Waals surface area contributed by atoms with E-state index in [4.69, 9.17) is 18.3 Å². The average Bonchev–Trinajstić information content (AvgIpc) is 2.89. The molecule has 264 valence electrons. The lowest BCUT2D eigenvalue weighted by Gasteiger charge is -2.46. The highest BCUT2D eigenvalue weighted by molar-refractivity contribution is 6.74. The molecule has 8 heteroatoms. The van der Waals surface area contributed by atoms with Crippen molar-refractivity contribution < 1.29 is 27.9 Å². The topological polar surface area (TPSA) is 71.1 Å². The van der Waals surface area contributed by atoms with E-state index in [-0.39, 0.29) is 58.3 Å². The van der Waals surface area contributed by atoms with Crippen LogP contribution in [0.3, 0.4) is 0 Å². The molecular formula is C38H68O6Si2. The van der Waals surface area contributed by atoms with Gasteiger partial charge in [-0.25, -0.2) is 0 Å². The van der Waals surface area contributed by atoms with Crippen molar-refractivity contribution in [3.63, 3.8) is 0 Å². The van der Waals surface area contributed by atoms with Gasteiger partial charge in [-0.2, -0.15) is 0 Å². The second kappa shape index (κ2) is 14.7. The van der Waals surface area contributed by atoms with Gasteiger partial charge in [0.2, 0.25) is 0 Å². The van der Waals surface area contributed by atoms with Gasteiger partial charge in [-0.05, 0) is 86.8 Å². The van der Waals surface area contributed by atoms with Crippen LogP contribution in [0.5, 0.6) is 0 Å². The summed E-state index contributed by atoms with van der Waals surface area (Å²) in [6.07, 6.45) is 12.6. The number of cyclic esters (lactones) is 1. The minimum absolute atomic E-state index is 0.0830. The molecule has 0 N–H and O–H groups in total. The summed E-state index contributed by atoms with van der Waals surface area (Å²) in [5.41, 5.74) is 0.691. The maximum atomic E-state index is 13.8. The second-order valence-electron chi connectivity index (χ2n) is 18.3. The number of esters is 2. The van der Waals surface area contributed by atoms with Crippen molar-refractivity contribution in [1.29, 1.82) is 0 Å². The van der Waals surface area contributed by atoms with Gasteiger partial charge in [0, 0.05) is 18.8 Å². The van der Waals surface area contributed by atoms with Gasteiger partial charge in [0.05, 0.1) is 24.0 Å². The van der Waals surface area contributed by atoms with Gasteiger partial charge in [0.1, 0.15) is 12.2 Å². The van der Waals surface area contributed by atoms with Crippen molar-refractivity contribution in [2.45, 2.75) is 181 Å². The summed E-state index contributed by atoms with van der Waals surface area (Å²) >= 11 is 0. The zero-order valence-corrected chi connectivity index (χ0v) is 33.9. The molecule has 0 aromatic carbocycles. The standard InChI is InChI=1S/C38H68O6Si2/c1-15-16-21-38(9,10)35(40)42-32-24-29(43-45(11,12)36(3,4)5)22-27-18-17-26(2)31(34(27)32)20-19-28-23-30(25-33(39)41-28)44-46(13,14)37(6,7)8/h17-18,22,26,28-32,34H,15-16,19-21,23-25H2,1-14H3. The number of hydrogen-bond acceptors (Lipinski definition) is 6. The molecule has 0 amide bonds. The second-order valence-corrected chi connectivity index (χ2v) is 27.8. The molecule has 1 fully saturated rings. The zero-order chi connectivity index (χ0) is 34.9. The van der Waals surface area contributed by atoms with Gasteiger partial charge < -0.3 is 18.3 Å². The summed E-state index contributed by atoms with van der Waals surface area (Å²) in [6, 6.07) is 0. The molecule has 0 aromatic heterocycles. The van der Waals surface area contributed by atoms with Crippen molar-refractivity contribution >= 4 is 28.6 Å². The number of allylic oxidation sites excluding steroid dienone is 2. The summed E-state index contributed by atoms with van der Waals surface area (Å²) in [7, 11) is -4.06. The van der Waals surface area contributed by atoms with Crippen molar-refractivity contribution in [2.75, 3.05) is 0 Å². The number of rotatable bonds is 12. The van der Waals surface area contributed by atoms with Crippen LogP contribution in [-0.4, -0.2) is 53.0 Å². The Labute approximate surface area is 284 Å². The Morgan fingerprint density at radius 3 is 2.13 bits per heavy atom. The Hall–Kier alpha value is -1.23. The SMILES string of the molecule is CCCCC(C)(C)C(=O)OC1CC(O[Si](C)(C)C(C)(C)C)C=C2C=CC(C)C(CCC3CC(O[Si](C)(C)C(C)(C)C)CC(=O)O3)C21. The van der Waals surface area contributed by atoms with E-state index in [1.54, 1.807) is 0 Å². The minimum Gasteiger partial charge on any atom is -0.462 e. The predicted octanol–water partition coefficient (Wildman–Crippen LogP) is 10.1. The molecule has 7 unspecified atom stereocenters. The first-order valence-corrected chi connectivity index (χ1v) is 23.9. The Morgan fingerprint density at radius 1 is 0.935 bits per heavy atom. The fourth-order valence-electron chi connectivity index (χ4n) is 6.71. The average molecular weight is 677 g/mol. The summed E-state index contributed by atoms with van der Waals surface area (Å²) in [6.45, 7) is 31.1. The van der Waals surface area contributed by atoms with Crippen LogP contribution in [0.4, 0.5) is 0 Å². The van der Waals surface area contributed by atoms with Gasteiger partial charge in [-0.1, -0.05) is 86.5 Å². The summed E-state index contributed by atoms with van der Waals surface area (Å²) in [5, 5.41) is 0.168. The highest BCUT2D eigenvalue weighted by atomic mass is 28.4. The van der Waals surface area contributed by atoms with Crippen molar-refractivity contribution in [1.82, 2.24) is 0 Å². The van der Waals surface area contributed by atoms with Gasteiger partial charge in [-0.15, -0.1) is 0 Å². The molecule has 3 rings (SSSR count). The van der Waals surface area contributed by atoms with Crippen LogP contribution < -0.4 is 0 Å². The third-order valence-corrected chi connectivity index (χ3v) is 20.9. The van der Waals surface area contributed by atoms with Crippen LogP contribution in [0.25, 0.3) is 0 Å². The number of unbranched alkanes of at least 4 members (excludes halogenated alkanes) is 1. The molecule has 0 radical (unpaired) electrons. The molecule has 6 nitrogen and oxygen atoms in total. The molecule has 2 aliphatic carbocycles. The number of carbonyl (C=O) groups is 2. The number of fused-ring (bicyclic) bond motifs is 1. The van der Waals surface area contributed by atoms with E-state index in [1.807, 2.05) is 13.8 Å². The Kier molecular flexibility index (Phi) is 12.5. The predicted molar refractivity (Wildman–Crippen MR) is 194 cm³/mol. The molecular weight excluding hydrogens is 609 g/mol. The lowest BCUT2D eigenvalue weighted by atomic mass is 9.66. The van der Waals surface area contributed by atoms with E-state index in [9.17, 15) is 9.59 Å². The van der Waals surface area contributed by atoms with Crippen LogP contribution in [0, 0.1) is 23.2 Å². The molecule has 0 spiro atoms. The highest BCUT2D eigenvalue weighted by Crippen LogP contribution is 2.47. The molecule has 0 aromatic rings. The van der Waals surface area contributed by atoms with Crippen LogP contribution in [0.2, 0.25) is 36.3 Å². The highest BCUT2D eigenvalue weighted by Gasteiger charge is 2.47. The third-order valence-electron chi connectivity index (χ3n) is 11.9. The maximum absolute atomic E-state index is 13.8. The van der Waals surface area contributed by atoms with Crippen LogP contribution in [-0.2, 0) is 27.9 Å². The lowest BCUT2D eigenvalue weighted by Crippen LogP contribution is -2.49. The van der Waals surface area contributed by atoms with Gasteiger partial charge in [0.15, 0.2) is 16.6 Å². The van der Waals surface area contributed by atoms with Crippen molar-refractivity contribution in [3.8, 4) is 0 Å². The van der Waals surface area contributed by atoms with E-state index < -0.39 is 22.0 Å². The maximum Gasteiger partial charge on any atom is 0.311 e. The van der Waals surface area contributed by atoms with E-state index in [1.165, 1.54) is 5.57 Å². The van der Waals surface area contributed by atoms with Crippen molar-refractivity contribution in [3.05, 3.63) is 23.8 Å². The molecule has 46 heavy (non-hydrogen) atoms. The molecule has 1 aliphatic heterocycles. The van der Waals surface area contributed by atoms with Crippen molar-refractivity contribution in [2.24, 2.45) is 23.2 Å². The Balaban J connectivity index is 1.85. The van der Waals surface area contributed by atoms with Crippen LogP contribution in [0.1, 0.15) is 121 Å². The molecule has 0 bridgehead atoms. The Bertz CT molecular complexity index is 1120. The molecule has 1 heterocycles. The Morgan fingerprint density at radius 2 is 1.54 bits per heavy atom. The van der Waals surface area contributed by atoms with E-state index in [0.29, 0.717) is 18.8 Å². The fraction of sp³-hybridized carbons (Fsp3) is 0.842. The normalized spacial score (nSPS) is 29.6. The smallest absolute Gasteiger partial charge is 0.311 e. The quantitative estimate of drug-likeness (QED) is 0.151. The summed E-state index contributed by atoms with van der Waals surface area (Å²) < 4.78 is 26.1. The van der Waals surface area contributed by atoms with E-state index >= 15 is 0 Å². The lowest BCUT2D eigenvalue weighted by molar-refractivity contribution is -0.166. The number of hydrogen-bond donors (Lipinski definition) is 0. The zero-order valence-electron chi connectivity index (χ0n) is 31.9. The van der Waals surface area contributed by atoms with Gasteiger partial charge in [-0.3, -0.25) is 9.59 Å². The first-order valence-electron chi connectivity index (χ1n) is 18.1. The van der Waals surface area contributed by atoms with Crippen LogP contribution in [0.15, 0.2) is 23.8 Å². The van der Waals surface area contributed by atoms with E-state index in [0.717, 1.165) is 38.5 Å². The molecule has 3 aliphatic rings. The van der Waals surface area contributed by atoms with Crippen LogP contribution >= 0.6 is 0 Å². The minimum atomic E-state index is -2.05. The summed E-state index contributed by atoms with van der Waals surface area (Å²) in [4.78, 5) is 26.5. The molecule has 0 saturated carbocycles. The van der Waals surface area contributed by atoms with Gasteiger partial charge in [0.25, 0.3) is 0 Å². The molecule has 7 atom stereocenters. The monoisotopic (exact) mass is 676 g/mol. The fourth-order valence-corrected chi connectivity index (χ4v) is 9.35. The number of ether oxygens (including phenoxy) is 2. The first kappa shape index (κ1) is 39.2.